The van der Waals surface area contributed by atoms with Crippen LogP contribution in [0.1, 0.15) is 25.6 Å². The van der Waals surface area contributed by atoms with Gasteiger partial charge in [-0.3, -0.25) is 0 Å². The number of hydrogen-bond acceptors (Lipinski definition) is 6. The van der Waals surface area contributed by atoms with Crippen molar-refractivity contribution in [1.29, 1.82) is 0 Å². The first-order valence-corrected chi connectivity index (χ1v) is 7.97. The van der Waals surface area contributed by atoms with E-state index in [1.54, 1.807) is 11.3 Å². The molecule has 1 N–H and O–H groups in total. The number of nitrogens with zero attached hydrogens (tertiary/aromatic N) is 3. The lowest BCUT2D eigenvalue weighted by Gasteiger charge is -2.31. The molecule has 0 aliphatic carbocycles. The van der Waals surface area contributed by atoms with E-state index in [-0.39, 0.29) is 5.54 Å². The highest BCUT2D eigenvalue weighted by Crippen LogP contribution is 2.32. The zero-order valence-corrected chi connectivity index (χ0v) is 14.5. The minimum absolute atomic E-state index is 0.0549. The second-order valence-electron chi connectivity index (χ2n) is 5.88. The first-order valence-electron chi connectivity index (χ1n) is 7.16. The summed E-state index contributed by atoms with van der Waals surface area (Å²) in [4.78, 5) is 13.4. The average Bonchev–Trinajstić information content (AvgIpc) is 2.87. The van der Waals surface area contributed by atoms with Gasteiger partial charge in [0.15, 0.2) is 0 Å². The van der Waals surface area contributed by atoms with Crippen LogP contribution in [0.15, 0.2) is 6.07 Å². The van der Waals surface area contributed by atoms with Crippen molar-refractivity contribution in [3.05, 3.63) is 10.9 Å². The van der Waals surface area contributed by atoms with Crippen LogP contribution in [0.5, 0.6) is 5.88 Å². The Hall–Kier alpha value is -1.40. The van der Waals surface area contributed by atoms with Crippen molar-refractivity contribution in [2.24, 2.45) is 0 Å². The van der Waals surface area contributed by atoms with Crippen molar-refractivity contribution >= 4 is 27.5 Å². The number of thiophene rings is 1. The summed E-state index contributed by atoms with van der Waals surface area (Å²) in [7, 11) is 5.93. The van der Waals surface area contributed by atoms with E-state index in [9.17, 15) is 0 Å². The van der Waals surface area contributed by atoms with E-state index >= 15 is 0 Å². The molecule has 0 bridgehead atoms. The number of aryl methyl sites for hydroxylation is 1. The van der Waals surface area contributed by atoms with Crippen LogP contribution in [0.4, 0.5) is 5.95 Å². The normalized spacial score (nSPS) is 12.1. The molecule has 0 aromatic carbocycles. The van der Waals surface area contributed by atoms with E-state index in [4.69, 9.17) is 4.74 Å². The van der Waals surface area contributed by atoms with Gasteiger partial charge in [0.1, 0.15) is 11.4 Å². The van der Waals surface area contributed by atoms with Crippen molar-refractivity contribution in [3.63, 3.8) is 0 Å². The molecular formula is C15H24N4OS. The molecule has 0 saturated heterocycles. The van der Waals surface area contributed by atoms with Gasteiger partial charge in [0, 0.05) is 17.5 Å². The number of hydrogen-bond donors (Lipinski definition) is 1. The van der Waals surface area contributed by atoms with Gasteiger partial charge in [-0.15, -0.1) is 11.3 Å². The fraction of sp³-hybridized carbons (Fsp3) is 0.600. The highest BCUT2D eigenvalue weighted by Gasteiger charge is 2.23. The Labute approximate surface area is 130 Å². The maximum Gasteiger partial charge on any atom is 0.227 e. The van der Waals surface area contributed by atoms with Crippen molar-refractivity contribution in [2.45, 2.75) is 32.7 Å². The molecule has 6 heteroatoms. The van der Waals surface area contributed by atoms with Crippen LogP contribution in [0.2, 0.25) is 0 Å². The molecule has 0 saturated carbocycles. The number of fused-ring (bicyclic) bond motifs is 1. The smallest absolute Gasteiger partial charge is 0.227 e. The second-order valence-corrected chi connectivity index (χ2v) is 7.00. The van der Waals surface area contributed by atoms with Gasteiger partial charge < -0.3 is 15.0 Å². The molecule has 21 heavy (non-hydrogen) atoms. The molecule has 0 aliphatic heterocycles. The molecule has 0 unspecified atom stereocenters. The largest absolute Gasteiger partial charge is 0.475 e. The average molecular weight is 308 g/mol. The summed E-state index contributed by atoms with van der Waals surface area (Å²) in [6, 6.07) is 2.14. The molecule has 2 aromatic rings. The number of rotatable bonds is 6. The van der Waals surface area contributed by atoms with Crippen LogP contribution < -0.4 is 10.1 Å². The topological polar surface area (TPSA) is 50.3 Å². The van der Waals surface area contributed by atoms with E-state index in [1.807, 2.05) is 7.05 Å². The maximum absolute atomic E-state index is 6.02. The molecule has 0 aliphatic rings. The minimum atomic E-state index is -0.0549. The molecule has 0 atom stereocenters. The van der Waals surface area contributed by atoms with Crippen LogP contribution in [-0.2, 0) is 6.42 Å². The highest BCUT2D eigenvalue weighted by molar-refractivity contribution is 7.18. The summed E-state index contributed by atoms with van der Waals surface area (Å²) >= 11 is 1.70. The number of ether oxygens (including phenoxy) is 1. The van der Waals surface area contributed by atoms with Crippen molar-refractivity contribution in [2.75, 3.05) is 33.1 Å². The van der Waals surface area contributed by atoms with Crippen LogP contribution in [0.25, 0.3) is 10.2 Å². The van der Waals surface area contributed by atoms with Gasteiger partial charge in [0.2, 0.25) is 11.8 Å². The van der Waals surface area contributed by atoms with Crippen LogP contribution >= 0.6 is 11.3 Å². The molecule has 2 aromatic heterocycles. The Bertz CT molecular complexity index is 621. The molecule has 0 fully saturated rings. The summed E-state index contributed by atoms with van der Waals surface area (Å²) in [5.74, 6) is 1.26. The Morgan fingerprint density at radius 2 is 2.05 bits per heavy atom. The highest BCUT2D eigenvalue weighted by atomic mass is 32.1. The zero-order valence-electron chi connectivity index (χ0n) is 13.6. The number of aromatic nitrogens is 2. The lowest BCUT2D eigenvalue weighted by Crippen LogP contribution is -2.43. The predicted octanol–water partition coefficient (Wildman–Crippen LogP) is 3.01. The molecule has 2 heterocycles. The molecule has 0 radical (unpaired) electrons. The molecule has 116 valence electrons. The maximum atomic E-state index is 6.02. The van der Waals surface area contributed by atoms with Gasteiger partial charge in [-0.1, -0.05) is 6.92 Å². The lowest BCUT2D eigenvalue weighted by atomic mass is 10.1. The first kappa shape index (κ1) is 16.0. The second kappa shape index (κ2) is 6.15. The Morgan fingerprint density at radius 3 is 2.62 bits per heavy atom. The van der Waals surface area contributed by atoms with Gasteiger partial charge in [-0.05, 0) is 40.4 Å². The third kappa shape index (κ3) is 3.44. The quantitative estimate of drug-likeness (QED) is 0.889. The van der Waals surface area contributed by atoms with Gasteiger partial charge in [-0.2, -0.15) is 4.98 Å². The van der Waals surface area contributed by atoms with Crippen LogP contribution in [0, 0.1) is 0 Å². The van der Waals surface area contributed by atoms with Crippen LogP contribution in [-0.4, -0.2) is 48.2 Å². The Balaban J connectivity index is 2.35. The fourth-order valence-electron chi connectivity index (χ4n) is 1.72. The van der Waals surface area contributed by atoms with Gasteiger partial charge in [0.05, 0.1) is 5.39 Å². The van der Waals surface area contributed by atoms with E-state index in [0.29, 0.717) is 18.4 Å². The number of nitrogens with one attached hydrogen (secondary N) is 1. The van der Waals surface area contributed by atoms with Crippen LogP contribution in [0.3, 0.4) is 0 Å². The monoisotopic (exact) mass is 308 g/mol. The molecular weight excluding hydrogens is 284 g/mol. The van der Waals surface area contributed by atoms with E-state index in [2.05, 4.69) is 61.1 Å². The van der Waals surface area contributed by atoms with Gasteiger partial charge in [-0.25, -0.2) is 4.98 Å². The lowest BCUT2D eigenvalue weighted by molar-refractivity contribution is 0.112. The fourth-order valence-corrected chi connectivity index (χ4v) is 2.67. The molecule has 0 amide bonds. The third-order valence-electron chi connectivity index (χ3n) is 3.75. The third-order valence-corrected chi connectivity index (χ3v) is 4.93. The van der Waals surface area contributed by atoms with Gasteiger partial charge in [0.25, 0.3) is 0 Å². The summed E-state index contributed by atoms with van der Waals surface area (Å²) in [5, 5.41) is 4.01. The van der Waals surface area contributed by atoms with Crippen molar-refractivity contribution < 1.29 is 4.74 Å². The minimum Gasteiger partial charge on any atom is -0.475 e. The molecule has 5 nitrogen and oxygen atoms in total. The summed E-state index contributed by atoms with van der Waals surface area (Å²) in [6.07, 6.45) is 0.999. The SMILES string of the molecule is CCc1cc2c(OCC(C)(C)N(C)C)nc(NC)nc2s1. The standard InChI is InChI=1S/C15H24N4OS/c1-7-10-8-11-12(20-9-15(2,3)19(5)6)17-14(16-4)18-13(11)21-10/h8H,7,9H2,1-6H3,(H,16,17,18). The summed E-state index contributed by atoms with van der Waals surface area (Å²) in [5.41, 5.74) is -0.0549. The molecule has 2 rings (SSSR count). The van der Waals surface area contributed by atoms with Crippen molar-refractivity contribution in [3.8, 4) is 5.88 Å². The Kier molecular flexibility index (Phi) is 4.68. The summed E-state index contributed by atoms with van der Waals surface area (Å²) < 4.78 is 6.02. The van der Waals surface area contributed by atoms with E-state index < -0.39 is 0 Å². The Morgan fingerprint density at radius 1 is 1.33 bits per heavy atom. The first-order chi connectivity index (χ1) is 9.87. The van der Waals surface area contributed by atoms with Gasteiger partial charge >= 0.3 is 0 Å². The van der Waals surface area contributed by atoms with E-state index in [0.717, 1.165) is 16.6 Å². The predicted molar refractivity (Wildman–Crippen MR) is 89.6 cm³/mol. The molecule has 0 spiro atoms. The van der Waals surface area contributed by atoms with E-state index in [1.165, 1.54) is 4.88 Å². The summed E-state index contributed by atoms with van der Waals surface area (Å²) in [6.45, 7) is 7.02. The number of anilines is 1. The zero-order chi connectivity index (χ0) is 15.6. The van der Waals surface area contributed by atoms with Crippen molar-refractivity contribution in [1.82, 2.24) is 14.9 Å². The number of likely N-dealkylation sites (N-methyl/N-ethyl adjacent to an activating group) is 1.